The smallest absolute Gasteiger partial charge is 0.401 e. The number of carboxylic acid groups (broad SMARTS) is 1. The lowest BCUT2D eigenvalue weighted by Crippen LogP contribution is -2.51. The SMILES string of the molecule is O=C(O)COCC(=O)N1CCN(CC(F)(F)F)CC1. The Balaban J connectivity index is 2.25. The number of carbonyl (C=O) groups excluding carboxylic acids is 1. The lowest BCUT2D eigenvalue weighted by molar-refractivity contribution is -0.153. The standard InChI is InChI=1S/C10H15F3N2O4/c11-10(12,13)7-14-1-3-15(4-2-14)8(16)5-19-6-9(17)18/h1-7H2,(H,17,18). The maximum absolute atomic E-state index is 12.1. The van der Waals surface area contributed by atoms with E-state index in [1.54, 1.807) is 0 Å². The maximum atomic E-state index is 12.1. The van der Waals surface area contributed by atoms with E-state index in [-0.39, 0.29) is 32.8 Å². The molecule has 1 amide bonds. The number of hydrogen-bond acceptors (Lipinski definition) is 4. The van der Waals surface area contributed by atoms with Crippen molar-refractivity contribution in [1.29, 1.82) is 0 Å². The molecule has 0 radical (unpaired) electrons. The molecule has 0 aliphatic carbocycles. The van der Waals surface area contributed by atoms with Crippen molar-refractivity contribution in [2.75, 3.05) is 45.9 Å². The molecular formula is C10H15F3N2O4. The number of piperazine rings is 1. The summed E-state index contributed by atoms with van der Waals surface area (Å²) in [5, 5.41) is 8.32. The van der Waals surface area contributed by atoms with Gasteiger partial charge in [-0.1, -0.05) is 0 Å². The van der Waals surface area contributed by atoms with Crippen molar-refractivity contribution in [3.8, 4) is 0 Å². The molecule has 0 saturated carbocycles. The first-order valence-corrected chi connectivity index (χ1v) is 5.64. The summed E-state index contributed by atoms with van der Waals surface area (Å²) in [4.78, 5) is 24.3. The molecule has 6 nitrogen and oxygen atoms in total. The molecule has 0 spiro atoms. The predicted octanol–water partition coefficient (Wildman–Crippen LogP) is -0.206. The number of hydrogen-bond donors (Lipinski definition) is 1. The molecule has 0 unspecified atom stereocenters. The summed E-state index contributed by atoms with van der Waals surface area (Å²) < 4.78 is 41.1. The molecule has 1 N–H and O–H groups in total. The Kier molecular flexibility index (Phi) is 5.55. The Bertz CT molecular complexity index is 327. The lowest BCUT2D eigenvalue weighted by Gasteiger charge is -2.34. The van der Waals surface area contributed by atoms with Crippen molar-refractivity contribution in [3.05, 3.63) is 0 Å². The van der Waals surface area contributed by atoms with E-state index in [0.29, 0.717) is 0 Å². The Morgan fingerprint density at radius 3 is 2.16 bits per heavy atom. The highest BCUT2D eigenvalue weighted by Gasteiger charge is 2.32. The molecule has 1 heterocycles. The molecule has 1 aliphatic rings. The van der Waals surface area contributed by atoms with E-state index in [1.165, 1.54) is 9.80 Å². The number of carboxylic acids is 1. The molecule has 1 aliphatic heterocycles. The largest absolute Gasteiger partial charge is 0.480 e. The normalized spacial score (nSPS) is 17.5. The van der Waals surface area contributed by atoms with Crippen molar-refractivity contribution < 1.29 is 32.6 Å². The first-order chi connectivity index (χ1) is 8.78. The summed E-state index contributed by atoms with van der Waals surface area (Å²) in [6, 6.07) is 0. The monoisotopic (exact) mass is 284 g/mol. The maximum Gasteiger partial charge on any atom is 0.401 e. The van der Waals surface area contributed by atoms with Gasteiger partial charge < -0.3 is 14.7 Å². The Hall–Kier alpha value is -1.35. The van der Waals surface area contributed by atoms with Gasteiger partial charge in [0.15, 0.2) is 0 Å². The fourth-order valence-electron chi connectivity index (χ4n) is 1.73. The third kappa shape index (κ3) is 6.39. The van der Waals surface area contributed by atoms with Gasteiger partial charge in [-0.25, -0.2) is 4.79 Å². The zero-order valence-corrected chi connectivity index (χ0v) is 10.2. The minimum atomic E-state index is -4.24. The Morgan fingerprint density at radius 2 is 1.68 bits per heavy atom. The minimum Gasteiger partial charge on any atom is -0.480 e. The molecule has 19 heavy (non-hydrogen) atoms. The second-order valence-electron chi connectivity index (χ2n) is 4.16. The summed E-state index contributed by atoms with van der Waals surface area (Å²) in [6.45, 7) is -1.26. The zero-order chi connectivity index (χ0) is 14.5. The van der Waals surface area contributed by atoms with Gasteiger partial charge in [0.2, 0.25) is 5.91 Å². The van der Waals surface area contributed by atoms with Gasteiger partial charge in [-0.3, -0.25) is 9.69 Å². The van der Waals surface area contributed by atoms with Crippen LogP contribution in [0.2, 0.25) is 0 Å². The third-order valence-corrected chi connectivity index (χ3v) is 2.58. The highest BCUT2D eigenvalue weighted by Crippen LogP contribution is 2.17. The quantitative estimate of drug-likeness (QED) is 0.757. The van der Waals surface area contributed by atoms with Crippen LogP contribution in [0.15, 0.2) is 0 Å². The van der Waals surface area contributed by atoms with E-state index < -0.39 is 31.2 Å². The lowest BCUT2D eigenvalue weighted by atomic mass is 10.3. The molecule has 1 fully saturated rings. The molecule has 0 aromatic carbocycles. The minimum absolute atomic E-state index is 0.143. The van der Waals surface area contributed by atoms with Crippen LogP contribution in [-0.2, 0) is 14.3 Å². The van der Waals surface area contributed by atoms with Gasteiger partial charge in [-0.05, 0) is 0 Å². The van der Waals surface area contributed by atoms with Crippen LogP contribution in [0, 0.1) is 0 Å². The van der Waals surface area contributed by atoms with Crippen molar-refractivity contribution in [2.45, 2.75) is 6.18 Å². The van der Waals surface area contributed by atoms with Crippen molar-refractivity contribution in [3.63, 3.8) is 0 Å². The molecule has 0 atom stereocenters. The summed E-state index contributed by atoms with van der Waals surface area (Å²) in [5.74, 6) is -1.59. The Morgan fingerprint density at radius 1 is 1.11 bits per heavy atom. The number of ether oxygens (including phenoxy) is 1. The van der Waals surface area contributed by atoms with Gasteiger partial charge in [0.05, 0.1) is 6.54 Å². The van der Waals surface area contributed by atoms with Crippen LogP contribution in [0.1, 0.15) is 0 Å². The highest BCUT2D eigenvalue weighted by molar-refractivity contribution is 5.78. The fourth-order valence-corrected chi connectivity index (χ4v) is 1.73. The third-order valence-electron chi connectivity index (χ3n) is 2.58. The number of aliphatic carboxylic acids is 1. The van der Waals surface area contributed by atoms with E-state index in [9.17, 15) is 22.8 Å². The first-order valence-electron chi connectivity index (χ1n) is 5.64. The van der Waals surface area contributed by atoms with E-state index in [4.69, 9.17) is 5.11 Å². The molecule has 1 saturated heterocycles. The van der Waals surface area contributed by atoms with E-state index in [1.807, 2.05) is 0 Å². The fraction of sp³-hybridized carbons (Fsp3) is 0.800. The second kappa shape index (κ2) is 6.71. The van der Waals surface area contributed by atoms with E-state index in [2.05, 4.69) is 4.74 Å². The van der Waals surface area contributed by atoms with Gasteiger partial charge in [0, 0.05) is 26.2 Å². The van der Waals surface area contributed by atoms with E-state index in [0.717, 1.165) is 0 Å². The summed E-state index contributed by atoms with van der Waals surface area (Å²) >= 11 is 0. The molecule has 1 rings (SSSR count). The topological polar surface area (TPSA) is 70.1 Å². The summed E-state index contributed by atoms with van der Waals surface area (Å²) in [5.41, 5.74) is 0. The van der Waals surface area contributed by atoms with Crippen LogP contribution in [-0.4, -0.2) is 78.9 Å². The zero-order valence-electron chi connectivity index (χ0n) is 10.2. The van der Waals surface area contributed by atoms with Crippen molar-refractivity contribution in [2.24, 2.45) is 0 Å². The van der Waals surface area contributed by atoms with E-state index >= 15 is 0 Å². The van der Waals surface area contributed by atoms with Crippen molar-refractivity contribution >= 4 is 11.9 Å². The Labute approximate surface area is 107 Å². The molecule has 0 bridgehead atoms. The predicted molar refractivity (Wildman–Crippen MR) is 57.5 cm³/mol. The number of carbonyl (C=O) groups is 2. The van der Waals surface area contributed by atoms with Gasteiger partial charge >= 0.3 is 12.1 Å². The second-order valence-corrected chi connectivity index (χ2v) is 4.16. The number of halogens is 3. The number of rotatable bonds is 5. The van der Waals surface area contributed by atoms with Crippen LogP contribution in [0.3, 0.4) is 0 Å². The molecule has 0 aromatic heterocycles. The number of amides is 1. The molecule has 9 heteroatoms. The highest BCUT2D eigenvalue weighted by atomic mass is 19.4. The summed E-state index contributed by atoms with van der Waals surface area (Å²) in [6.07, 6.45) is -4.24. The number of nitrogens with zero attached hydrogens (tertiary/aromatic N) is 2. The van der Waals surface area contributed by atoms with Gasteiger partial charge in [0.25, 0.3) is 0 Å². The van der Waals surface area contributed by atoms with Crippen LogP contribution in [0.4, 0.5) is 13.2 Å². The van der Waals surface area contributed by atoms with Crippen molar-refractivity contribution in [1.82, 2.24) is 9.80 Å². The number of alkyl halides is 3. The average molecular weight is 284 g/mol. The van der Waals surface area contributed by atoms with Crippen LogP contribution in [0.25, 0.3) is 0 Å². The van der Waals surface area contributed by atoms with Crippen LogP contribution in [0.5, 0.6) is 0 Å². The molecule has 110 valence electrons. The van der Waals surface area contributed by atoms with Crippen LogP contribution >= 0.6 is 0 Å². The van der Waals surface area contributed by atoms with Gasteiger partial charge in [-0.15, -0.1) is 0 Å². The molecule has 0 aromatic rings. The van der Waals surface area contributed by atoms with Gasteiger partial charge in [0.1, 0.15) is 13.2 Å². The summed E-state index contributed by atoms with van der Waals surface area (Å²) in [7, 11) is 0. The molecular weight excluding hydrogens is 269 g/mol. The van der Waals surface area contributed by atoms with Crippen LogP contribution < -0.4 is 0 Å². The average Bonchev–Trinajstić information content (AvgIpc) is 2.27. The van der Waals surface area contributed by atoms with Gasteiger partial charge in [-0.2, -0.15) is 13.2 Å². The first kappa shape index (κ1) is 15.7.